The molecule has 6 heteroatoms. The number of rotatable bonds is 9. The van der Waals surface area contributed by atoms with E-state index in [2.05, 4.69) is 13.5 Å². The van der Waals surface area contributed by atoms with Crippen molar-refractivity contribution in [1.82, 2.24) is 4.90 Å². The van der Waals surface area contributed by atoms with Crippen molar-refractivity contribution in [3.05, 3.63) is 81.2 Å². The van der Waals surface area contributed by atoms with Gasteiger partial charge in [-0.3, -0.25) is 9.59 Å². The lowest BCUT2D eigenvalue weighted by molar-refractivity contribution is 0.0725. The summed E-state index contributed by atoms with van der Waals surface area (Å²) in [7, 11) is 0. The molecule has 1 unspecified atom stereocenters. The summed E-state index contributed by atoms with van der Waals surface area (Å²) in [6, 6.07) is 8.81. The lowest BCUT2D eigenvalue weighted by atomic mass is 9.97. The highest BCUT2D eigenvalue weighted by Gasteiger charge is 2.42. The molecule has 0 saturated carbocycles. The molecular weight excluding hydrogens is 430 g/mol. The summed E-state index contributed by atoms with van der Waals surface area (Å²) in [5.41, 5.74) is 3.30. The van der Waals surface area contributed by atoms with Crippen molar-refractivity contribution in [2.24, 2.45) is 0 Å². The van der Waals surface area contributed by atoms with E-state index in [1.165, 1.54) is 0 Å². The molecule has 1 amide bonds. The number of benzene rings is 2. The van der Waals surface area contributed by atoms with Gasteiger partial charge >= 0.3 is 0 Å². The van der Waals surface area contributed by atoms with Gasteiger partial charge < -0.3 is 18.8 Å². The summed E-state index contributed by atoms with van der Waals surface area (Å²) in [4.78, 5) is 29.0. The Kier molecular flexibility index (Phi) is 6.77. The number of carbonyl (C=O) groups is 1. The average Bonchev–Trinajstić information content (AvgIpc) is 3.09. The number of nitrogens with zero attached hydrogens (tertiary/aromatic N) is 1. The molecular formula is C28H31NO5. The minimum absolute atomic E-state index is 0.135. The van der Waals surface area contributed by atoms with Crippen LogP contribution < -0.4 is 14.9 Å². The molecule has 1 aliphatic rings. The second-order valence-corrected chi connectivity index (χ2v) is 8.63. The summed E-state index contributed by atoms with van der Waals surface area (Å²) in [5, 5.41) is 0.502. The Labute approximate surface area is 199 Å². The number of amides is 1. The van der Waals surface area contributed by atoms with Crippen LogP contribution >= 0.6 is 0 Å². The lowest BCUT2D eigenvalue weighted by Crippen LogP contribution is -2.30. The van der Waals surface area contributed by atoms with Crippen LogP contribution in [0.4, 0.5) is 0 Å². The van der Waals surface area contributed by atoms with Gasteiger partial charge in [-0.15, -0.1) is 0 Å². The number of hydrogen-bond acceptors (Lipinski definition) is 5. The fraction of sp³-hybridized carbons (Fsp3) is 0.357. The minimum Gasteiger partial charge on any atom is -0.490 e. The normalized spacial score (nSPS) is 15.0. The third-order valence-electron chi connectivity index (χ3n) is 6.09. The van der Waals surface area contributed by atoms with E-state index in [1.54, 1.807) is 11.0 Å². The van der Waals surface area contributed by atoms with Crippen LogP contribution in [0.5, 0.6) is 11.5 Å². The van der Waals surface area contributed by atoms with Crippen LogP contribution in [0.3, 0.4) is 0 Å². The highest BCUT2D eigenvalue weighted by Crippen LogP contribution is 2.41. The van der Waals surface area contributed by atoms with Crippen LogP contribution in [0.1, 0.15) is 65.5 Å². The van der Waals surface area contributed by atoms with Crippen molar-refractivity contribution in [3.63, 3.8) is 0 Å². The van der Waals surface area contributed by atoms with Crippen molar-refractivity contribution < 1.29 is 18.7 Å². The number of ether oxygens (including phenoxy) is 2. The van der Waals surface area contributed by atoms with Gasteiger partial charge in [0.2, 0.25) is 5.76 Å². The van der Waals surface area contributed by atoms with Crippen LogP contribution in [0.15, 0.2) is 52.2 Å². The Bertz CT molecular complexity index is 1310. The molecule has 0 aliphatic carbocycles. The van der Waals surface area contributed by atoms with Gasteiger partial charge in [0.15, 0.2) is 16.9 Å². The molecule has 4 rings (SSSR count). The summed E-state index contributed by atoms with van der Waals surface area (Å²) in [6.07, 6.45) is 3.41. The maximum absolute atomic E-state index is 13.8. The second-order valence-electron chi connectivity index (χ2n) is 8.63. The Hall–Kier alpha value is -3.54. The summed E-state index contributed by atoms with van der Waals surface area (Å²) in [6.45, 7) is 12.8. The van der Waals surface area contributed by atoms with Crippen molar-refractivity contribution in [1.29, 1.82) is 0 Å². The van der Waals surface area contributed by atoms with E-state index in [1.807, 2.05) is 51.1 Å². The van der Waals surface area contributed by atoms with Crippen molar-refractivity contribution in [2.75, 3.05) is 19.8 Å². The molecule has 1 aromatic heterocycles. The molecule has 178 valence electrons. The molecule has 0 radical (unpaired) electrons. The molecule has 3 aromatic rings. The van der Waals surface area contributed by atoms with Crippen LogP contribution in [-0.4, -0.2) is 30.6 Å². The van der Waals surface area contributed by atoms with E-state index in [4.69, 9.17) is 13.9 Å². The van der Waals surface area contributed by atoms with Crippen molar-refractivity contribution in [2.45, 2.75) is 46.6 Å². The molecule has 0 N–H and O–H groups in total. The van der Waals surface area contributed by atoms with Gasteiger partial charge in [-0.05, 0) is 62.1 Å². The highest BCUT2D eigenvalue weighted by atomic mass is 16.5. The monoisotopic (exact) mass is 461 g/mol. The van der Waals surface area contributed by atoms with Crippen LogP contribution in [0.25, 0.3) is 11.0 Å². The van der Waals surface area contributed by atoms with E-state index in [0.29, 0.717) is 47.8 Å². The molecule has 2 heterocycles. The third-order valence-corrected chi connectivity index (χ3v) is 6.09. The predicted molar refractivity (Wildman–Crippen MR) is 133 cm³/mol. The number of unbranched alkanes of at least 4 members (excludes halogenated alkanes) is 1. The van der Waals surface area contributed by atoms with Gasteiger partial charge in [0.25, 0.3) is 5.91 Å². The molecule has 0 bridgehead atoms. The van der Waals surface area contributed by atoms with Crippen molar-refractivity contribution >= 4 is 16.9 Å². The molecule has 2 aromatic carbocycles. The molecule has 0 saturated heterocycles. The van der Waals surface area contributed by atoms with E-state index in [0.717, 1.165) is 29.5 Å². The zero-order valence-corrected chi connectivity index (χ0v) is 20.3. The van der Waals surface area contributed by atoms with Crippen LogP contribution in [0, 0.1) is 13.8 Å². The van der Waals surface area contributed by atoms with Gasteiger partial charge in [-0.1, -0.05) is 38.1 Å². The molecule has 1 atom stereocenters. The van der Waals surface area contributed by atoms with Gasteiger partial charge in [0.05, 0.1) is 23.6 Å². The molecule has 34 heavy (non-hydrogen) atoms. The number of hydrogen-bond donors (Lipinski definition) is 0. The minimum atomic E-state index is -0.553. The topological polar surface area (TPSA) is 69.0 Å². The Morgan fingerprint density at radius 2 is 1.88 bits per heavy atom. The van der Waals surface area contributed by atoms with E-state index in [-0.39, 0.29) is 17.1 Å². The van der Waals surface area contributed by atoms with Crippen molar-refractivity contribution in [3.8, 4) is 11.5 Å². The Morgan fingerprint density at radius 3 is 2.59 bits per heavy atom. The van der Waals surface area contributed by atoms with Gasteiger partial charge in [0.1, 0.15) is 12.2 Å². The highest BCUT2D eigenvalue weighted by molar-refractivity contribution is 5.99. The smallest absolute Gasteiger partial charge is 0.290 e. The summed E-state index contributed by atoms with van der Waals surface area (Å²) >= 11 is 0. The predicted octanol–water partition coefficient (Wildman–Crippen LogP) is 5.72. The van der Waals surface area contributed by atoms with E-state index >= 15 is 0 Å². The maximum atomic E-state index is 13.8. The quantitative estimate of drug-likeness (QED) is 0.381. The molecule has 6 nitrogen and oxygen atoms in total. The second kappa shape index (κ2) is 9.75. The summed E-state index contributed by atoms with van der Waals surface area (Å²) in [5.74, 6) is 1.04. The Balaban J connectivity index is 1.93. The zero-order chi connectivity index (χ0) is 24.4. The van der Waals surface area contributed by atoms with Gasteiger partial charge in [0, 0.05) is 6.54 Å². The fourth-order valence-corrected chi connectivity index (χ4v) is 4.61. The first kappa shape index (κ1) is 23.6. The number of aryl methyl sites for hydroxylation is 2. The first-order valence-corrected chi connectivity index (χ1v) is 11.8. The maximum Gasteiger partial charge on any atom is 0.290 e. The third kappa shape index (κ3) is 4.09. The van der Waals surface area contributed by atoms with Gasteiger partial charge in [-0.25, -0.2) is 0 Å². The first-order valence-electron chi connectivity index (χ1n) is 11.8. The van der Waals surface area contributed by atoms with Crippen LogP contribution in [0.2, 0.25) is 0 Å². The van der Waals surface area contributed by atoms with Crippen LogP contribution in [-0.2, 0) is 0 Å². The molecule has 0 fully saturated rings. The first-order chi connectivity index (χ1) is 16.4. The number of carbonyl (C=O) groups excluding carboxylic acids is 1. The zero-order valence-electron chi connectivity index (χ0n) is 20.3. The standard InChI is InChI=1S/C28H31NO5/c1-6-9-12-29-24(19-10-11-21(33-13-7-2)22(16-19)32-8-3)23-25(30)20-15-17(4)14-18(5)26(20)34-27(23)28(29)31/h7,10-11,14-16,24H,2,6,8-9,12-13H2,1,3-5H3. The fourth-order valence-electron chi connectivity index (χ4n) is 4.61. The largest absolute Gasteiger partial charge is 0.490 e. The van der Waals surface area contributed by atoms with E-state index in [9.17, 15) is 9.59 Å². The molecule has 1 aliphatic heterocycles. The lowest BCUT2D eigenvalue weighted by Gasteiger charge is -2.25. The summed E-state index contributed by atoms with van der Waals surface area (Å²) < 4.78 is 17.7. The van der Waals surface area contributed by atoms with Gasteiger partial charge in [-0.2, -0.15) is 0 Å². The number of fused-ring (bicyclic) bond motifs is 2. The average molecular weight is 462 g/mol. The van der Waals surface area contributed by atoms with E-state index < -0.39 is 6.04 Å². The molecule has 0 spiro atoms. The SMILES string of the molecule is C=CCOc1ccc(C2c3c(oc4c(C)cc(C)cc4c3=O)C(=O)N2CCCC)cc1OCC. The Morgan fingerprint density at radius 1 is 1.09 bits per heavy atom.